The summed E-state index contributed by atoms with van der Waals surface area (Å²) >= 11 is 0. The Kier molecular flexibility index (Phi) is 7.01. The van der Waals surface area contributed by atoms with Gasteiger partial charge < -0.3 is 20.8 Å². The van der Waals surface area contributed by atoms with Crippen LogP contribution in [0.4, 0.5) is 20.3 Å². The highest BCUT2D eigenvalue weighted by molar-refractivity contribution is 7.91. The van der Waals surface area contributed by atoms with Crippen LogP contribution in [0.15, 0.2) is 36.5 Å². The molecule has 11 heteroatoms. The van der Waals surface area contributed by atoms with Crippen LogP contribution in [0.3, 0.4) is 0 Å². The second-order valence-corrected chi connectivity index (χ2v) is 10.8. The predicted octanol–water partition coefficient (Wildman–Crippen LogP) is 3.76. The number of halogens is 2. The number of alkyl halides is 2. The first-order valence-electron chi connectivity index (χ1n) is 10.3. The molecule has 33 heavy (non-hydrogen) atoms. The fourth-order valence-corrected chi connectivity index (χ4v) is 5.64. The zero-order valence-electron chi connectivity index (χ0n) is 18.5. The molecule has 8 nitrogen and oxygen atoms in total. The SMILES string of the molecule is CC(C)C(=N)c1cc(C(=O)NC2(C)CCS(=O)(=O)C2)cnc1Nc1cccc(OC(F)F)c1. The molecule has 1 unspecified atom stereocenters. The predicted molar refractivity (Wildman–Crippen MR) is 121 cm³/mol. The average Bonchev–Trinajstić information content (AvgIpc) is 2.99. The first kappa shape index (κ1) is 24.6. The topological polar surface area (TPSA) is 121 Å². The normalized spacial score (nSPS) is 19.5. The maximum absolute atomic E-state index is 12.9. The first-order chi connectivity index (χ1) is 15.4. The van der Waals surface area contributed by atoms with E-state index in [9.17, 15) is 22.0 Å². The molecule has 1 saturated heterocycles. The Labute approximate surface area is 191 Å². The molecular weight excluding hydrogens is 454 g/mol. The number of aromatic nitrogens is 1. The number of hydrogen-bond donors (Lipinski definition) is 3. The zero-order valence-corrected chi connectivity index (χ0v) is 19.3. The maximum atomic E-state index is 12.9. The van der Waals surface area contributed by atoms with Crippen molar-refractivity contribution in [2.24, 2.45) is 5.92 Å². The molecule has 1 fully saturated rings. The number of anilines is 2. The summed E-state index contributed by atoms with van der Waals surface area (Å²) in [5.74, 6) is -0.553. The Balaban J connectivity index is 1.88. The monoisotopic (exact) mass is 480 g/mol. The molecule has 1 atom stereocenters. The lowest BCUT2D eigenvalue weighted by atomic mass is 9.98. The summed E-state index contributed by atoms with van der Waals surface area (Å²) in [6.45, 7) is 2.36. The van der Waals surface area contributed by atoms with E-state index in [1.165, 1.54) is 30.5 Å². The van der Waals surface area contributed by atoms with Gasteiger partial charge in [-0.3, -0.25) is 4.79 Å². The van der Waals surface area contributed by atoms with E-state index in [1.54, 1.807) is 13.0 Å². The van der Waals surface area contributed by atoms with Crippen LogP contribution in [0.25, 0.3) is 0 Å². The Bertz CT molecular complexity index is 1170. The van der Waals surface area contributed by atoms with Gasteiger partial charge in [0, 0.05) is 29.2 Å². The molecule has 1 aromatic heterocycles. The summed E-state index contributed by atoms with van der Waals surface area (Å²) in [6, 6.07) is 7.44. The van der Waals surface area contributed by atoms with Crippen LogP contribution in [0.5, 0.6) is 5.75 Å². The number of sulfone groups is 1. The van der Waals surface area contributed by atoms with E-state index in [0.29, 0.717) is 17.7 Å². The average molecular weight is 481 g/mol. The number of hydrogen-bond acceptors (Lipinski definition) is 7. The molecule has 2 aromatic rings. The molecule has 1 aliphatic rings. The van der Waals surface area contributed by atoms with Gasteiger partial charge in [0.25, 0.3) is 5.91 Å². The molecule has 1 aliphatic heterocycles. The number of pyridine rings is 1. The van der Waals surface area contributed by atoms with E-state index in [1.807, 2.05) is 13.8 Å². The summed E-state index contributed by atoms with van der Waals surface area (Å²) in [5.41, 5.74) is 0.306. The Morgan fingerprint density at radius 3 is 2.61 bits per heavy atom. The number of carbonyl (C=O) groups excluding carboxylic acids is 1. The van der Waals surface area contributed by atoms with Gasteiger partial charge >= 0.3 is 6.61 Å². The van der Waals surface area contributed by atoms with Gasteiger partial charge in [0.15, 0.2) is 9.84 Å². The van der Waals surface area contributed by atoms with Crippen LogP contribution >= 0.6 is 0 Å². The third-order valence-corrected chi connectivity index (χ3v) is 7.16. The van der Waals surface area contributed by atoms with Crippen molar-refractivity contribution < 1.29 is 26.7 Å². The quantitative estimate of drug-likeness (QED) is 0.495. The fraction of sp³-hybridized carbons (Fsp3) is 0.409. The first-order valence-corrected chi connectivity index (χ1v) is 12.1. The highest BCUT2D eigenvalue weighted by Gasteiger charge is 2.39. The van der Waals surface area contributed by atoms with Crippen molar-refractivity contribution in [1.29, 1.82) is 5.41 Å². The van der Waals surface area contributed by atoms with Gasteiger partial charge in [-0.15, -0.1) is 0 Å². The lowest BCUT2D eigenvalue weighted by molar-refractivity contribution is -0.0498. The van der Waals surface area contributed by atoms with Crippen LogP contribution in [0.2, 0.25) is 0 Å². The molecule has 178 valence electrons. The second-order valence-electron chi connectivity index (χ2n) is 8.58. The number of benzene rings is 1. The molecule has 2 heterocycles. The van der Waals surface area contributed by atoms with Crippen LogP contribution in [0, 0.1) is 11.3 Å². The van der Waals surface area contributed by atoms with Gasteiger partial charge in [-0.1, -0.05) is 19.9 Å². The van der Waals surface area contributed by atoms with Gasteiger partial charge in [-0.25, -0.2) is 13.4 Å². The number of nitrogens with zero attached hydrogens (tertiary/aromatic N) is 1. The molecule has 0 bridgehead atoms. The number of carbonyl (C=O) groups is 1. The summed E-state index contributed by atoms with van der Waals surface area (Å²) in [5, 5.41) is 14.2. The zero-order chi connectivity index (χ0) is 24.4. The Morgan fingerprint density at radius 2 is 2.00 bits per heavy atom. The number of nitrogens with one attached hydrogen (secondary N) is 3. The van der Waals surface area contributed by atoms with Crippen LogP contribution in [-0.4, -0.2) is 48.7 Å². The highest BCUT2D eigenvalue weighted by atomic mass is 32.2. The number of ether oxygens (including phenoxy) is 1. The smallest absolute Gasteiger partial charge is 0.387 e. The third-order valence-electron chi connectivity index (χ3n) is 5.26. The molecule has 0 radical (unpaired) electrons. The van der Waals surface area contributed by atoms with Crippen LogP contribution in [-0.2, 0) is 9.84 Å². The fourth-order valence-electron chi connectivity index (χ4n) is 3.55. The van der Waals surface area contributed by atoms with Crippen molar-refractivity contribution in [1.82, 2.24) is 10.3 Å². The summed E-state index contributed by atoms with van der Waals surface area (Å²) in [7, 11) is -3.20. The second kappa shape index (κ2) is 9.42. The molecule has 0 spiro atoms. The molecular formula is C22H26F2N4O4S. The van der Waals surface area contributed by atoms with E-state index in [4.69, 9.17) is 5.41 Å². The van der Waals surface area contributed by atoms with Crippen molar-refractivity contribution in [3.05, 3.63) is 47.7 Å². The van der Waals surface area contributed by atoms with E-state index in [0.717, 1.165) is 0 Å². The molecule has 3 rings (SSSR count). The van der Waals surface area contributed by atoms with E-state index < -0.39 is 27.9 Å². The number of amides is 1. The maximum Gasteiger partial charge on any atom is 0.387 e. The van der Waals surface area contributed by atoms with Crippen molar-refractivity contribution >= 4 is 33.0 Å². The van der Waals surface area contributed by atoms with Gasteiger partial charge in [-0.05, 0) is 37.5 Å². The minimum Gasteiger partial charge on any atom is -0.435 e. The van der Waals surface area contributed by atoms with Gasteiger partial charge in [0.1, 0.15) is 11.6 Å². The van der Waals surface area contributed by atoms with Crippen molar-refractivity contribution in [2.75, 3.05) is 16.8 Å². The largest absolute Gasteiger partial charge is 0.435 e. The molecule has 3 N–H and O–H groups in total. The summed E-state index contributed by atoms with van der Waals surface area (Å²) in [6.07, 6.45) is 1.64. The lowest BCUT2D eigenvalue weighted by Crippen LogP contribution is -2.47. The van der Waals surface area contributed by atoms with Gasteiger partial charge in [0.05, 0.1) is 22.6 Å². The highest BCUT2D eigenvalue weighted by Crippen LogP contribution is 2.27. The van der Waals surface area contributed by atoms with E-state index in [-0.39, 0.29) is 40.3 Å². The van der Waals surface area contributed by atoms with E-state index in [2.05, 4.69) is 20.4 Å². The Hall–Kier alpha value is -3.08. The number of rotatable bonds is 8. The van der Waals surface area contributed by atoms with Crippen molar-refractivity contribution in [2.45, 2.75) is 39.3 Å². The minimum absolute atomic E-state index is 0.0163. The molecule has 0 aliphatic carbocycles. The molecule has 1 amide bonds. The van der Waals surface area contributed by atoms with Crippen LogP contribution in [0.1, 0.15) is 43.1 Å². The minimum atomic E-state index is -3.20. The summed E-state index contributed by atoms with van der Waals surface area (Å²) in [4.78, 5) is 17.1. The third kappa shape index (κ3) is 6.25. The van der Waals surface area contributed by atoms with Gasteiger partial charge in [0.2, 0.25) is 0 Å². The van der Waals surface area contributed by atoms with Crippen molar-refractivity contribution in [3.63, 3.8) is 0 Å². The van der Waals surface area contributed by atoms with E-state index >= 15 is 0 Å². The Morgan fingerprint density at radius 1 is 1.27 bits per heavy atom. The van der Waals surface area contributed by atoms with Crippen LogP contribution < -0.4 is 15.4 Å². The molecule has 0 saturated carbocycles. The summed E-state index contributed by atoms with van der Waals surface area (Å²) < 4.78 is 53.1. The van der Waals surface area contributed by atoms with Gasteiger partial charge in [-0.2, -0.15) is 8.78 Å². The lowest BCUT2D eigenvalue weighted by Gasteiger charge is -2.24. The standard InChI is InChI=1S/C22H26F2N4O4S/c1-13(2)18(25)17-9-14(20(29)28-22(3)7-8-33(30,31)12-22)11-26-19(17)27-15-5-4-6-16(10-15)32-21(23)24/h4-6,9-11,13,21,25H,7-8,12H2,1-3H3,(H,26,27)(H,28,29). The van der Waals surface area contributed by atoms with Crippen molar-refractivity contribution in [3.8, 4) is 5.75 Å². The molecule has 1 aromatic carbocycles.